The summed E-state index contributed by atoms with van der Waals surface area (Å²) >= 11 is 6.77. The maximum absolute atomic E-state index is 12.0. The molecule has 0 heterocycles. The second-order valence-corrected chi connectivity index (χ2v) is 5.52. The molecular weight excluding hydrogens is 372 g/mol. The van der Waals surface area contributed by atoms with E-state index >= 15 is 0 Å². The molecule has 0 amide bonds. The Balaban J connectivity index is 2.06. The second kappa shape index (κ2) is 6.87. The minimum absolute atomic E-state index is 0.288. The van der Waals surface area contributed by atoms with Gasteiger partial charge in [0, 0.05) is 9.80 Å². The minimum Gasteiger partial charge on any atom is -0.457 e. The van der Waals surface area contributed by atoms with E-state index < -0.39 is 0 Å². The zero-order valence-electron chi connectivity index (χ0n) is 10.1. The van der Waals surface area contributed by atoms with Crippen LogP contribution >= 0.6 is 31.9 Å². The first-order chi connectivity index (χ1) is 9.19. The van der Waals surface area contributed by atoms with E-state index in [9.17, 15) is 4.79 Å². The lowest BCUT2D eigenvalue weighted by Crippen LogP contribution is -2.05. The fraction of sp³-hybridized carbons (Fsp3) is 0.133. The fourth-order valence-corrected chi connectivity index (χ4v) is 2.52. The quantitative estimate of drug-likeness (QED) is 0.564. The highest BCUT2D eigenvalue weighted by atomic mass is 79.9. The Labute approximate surface area is 129 Å². The third-order valence-electron chi connectivity index (χ3n) is 2.56. The molecule has 0 radical (unpaired) electrons. The Kier molecular flexibility index (Phi) is 5.16. The van der Waals surface area contributed by atoms with Crippen molar-refractivity contribution in [1.82, 2.24) is 0 Å². The van der Waals surface area contributed by atoms with E-state index in [1.807, 2.05) is 42.5 Å². The molecule has 2 nitrogen and oxygen atoms in total. The van der Waals surface area contributed by atoms with E-state index in [1.54, 1.807) is 6.07 Å². The largest absolute Gasteiger partial charge is 0.457 e. The van der Waals surface area contributed by atoms with Crippen LogP contribution in [0.5, 0.6) is 0 Å². The first kappa shape index (κ1) is 14.3. The van der Waals surface area contributed by atoms with Crippen molar-refractivity contribution in [1.29, 1.82) is 0 Å². The van der Waals surface area contributed by atoms with Gasteiger partial charge in [0.05, 0.1) is 5.56 Å². The number of rotatable bonds is 4. The Morgan fingerprint density at radius 3 is 2.47 bits per heavy atom. The highest BCUT2D eigenvalue weighted by Crippen LogP contribution is 2.19. The number of hydrogen-bond acceptors (Lipinski definition) is 2. The fourth-order valence-electron chi connectivity index (χ4n) is 1.65. The van der Waals surface area contributed by atoms with E-state index in [1.165, 1.54) is 0 Å². The van der Waals surface area contributed by atoms with Crippen LogP contribution in [-0.4, -0.2) is 5.97 Å². The maximum Gasteiger partial charge on any atom is 0.338 e. The van der Waals surface area contributed by atoms with Gasteiger partial charge in [-0.15, -0.1) is 0 Å². The lowest BCUT2D eigenvalue weighted by molar-refractivity contribution is 0.0472. The molecule has 19 heavy (non-hydrogen) atoms. The van der Waals surface area contributed by atoms with Crippen LogP contribution in [0.3, 0.4) is 0 Å². The first-order valence-electron chi connectivity index (χ1n) is 5.75. The second-order valence-electron chi connectivity index (χ2n) is 4.04. The lowest BCUT2D eigenvalue weighted by Gasteiger charge is -2.07. The number of ether oxygens (including phenoxy) is 1. The van der Waals surface area contributed by atoms with Gasteiger partial charge in [-0.25, -0.2) is 4.79 Å². The van der Waals surface area contributed by atoms with Crippen LogP contribution in [0.25, 0.3) is 0 Å². The zero-order chi connectivity index (χ0) is 13.7. The summed E-state index contributed by atoms with van der Waals surface area (Å²) in [6.45, 7) is 0.288. The molecule has 0 N–H and O–H groups in total. The third-order valence-corrected chi connectivity index (χ3v) is 3.67. The smallest absolute Gasteiger partial charge is 0.338 e. The van der Waals surface area contributed by atoms with E-state index in [-0.39, 0.29) is 12.6 Å². The summed E-state index contributed by atoms with van der Waals surface area (Å²) < 4.78 is 6.16. The maximum atomic E-state index is 12.0. The molecule has 2 rings (SSSR count). The Bertz CT molecular complexity index is 568. The predicted octanol–water partition coefficient (Wildman–Crippen LogP) is 4.70. The molecule has 0 fully saturated rings. The van der Waals surface area contributed by atoms with Gasteiger partial charge in [0.15, 0.2) is 0 Å². The molecule has 4 heteroatoms. The lowest BCUT2D eigenvalue weighted by atomic mass is 10.1. The molecule has 0 bridgehead atoms. The predicted molar refractivity (Wildman–Crippen MR) is 82.3 cm³/mol. The molecule has 0 saturated carbocycles. The summed E-state index contributed by atoms with van der Waals surface area (Å²) in [6, 6.07) is 15.2. The first-order valence-corrected chi connectivity index (χ1v) is 7.67. The van der Waals surface area contributed by atoms with Crippen LogP contribution in [0.4, 0.5) is 0 Å². The number of esters is 1. The van der Waals surface area contributed by atoms with Crippen LogP contribution < -0.4 is 0 Å². The van der Waals surface area contributed by atoms with Crippen LogP contribution in [0.2, 0.25) is 0 Å². The highest BCUT2D eigenvalue weighted by Gasteiger charge is 2.09. The number of alkyl halides is 1. The Morgan fingerprint density at radius 1 is 1.05 bits per heavy atom. The molecular formula is C15H12Br2O2. The van der Waals surface area contributed by atoms with Crippen molar-refractivity contribution in [2.24, 2.45) is 0 Å². The molecule has 0 aliphatic carbocycles. The standard InChI is InChI=1S/C15H12Br2O2/c16-9-12-6-13(8-14(17)7-12)15(18)19-10-11-4-2-1-3-5-11/h1-8H,9-10H2. The molecule has 0 spiro atoms. The van der Waals surface area contributed by atoms with Gasteiger partial charge in [-0.2, -0.15) is 0 Å². The van der Waals surface area contributed by atoms with Gasteiger partial charge in [0.25, 0.3) is 0 Å². The third kappa shape index (κ3) is 4.18. The summed E-state index contributed by atoms with van der Waals surface area (Å²) in [6.07, 6.45) is 0. The van der Waals surface area contributed by atoms with E-state index in [0.717, 1.165) is 15.6 Å². The van der Waals surface area contributed by atoms with Gasteiger partial charge in [-0.05, 0) is 29.3 Å². The molecule has 2 aromatic carbocycles. The van der Waals surface area contributed by atoms with Crippen molar-refractivity contribution in [3.8, 4) is 0 Å². The molecule has 0 aliphatic heterocycles. The number of carbonyl (C=O) groups is 1. The SMILES string of the molecule is O=C(OCc1ccccc1)c1cc(Br)cc(CBr)c1. The van der Waals surface area contributed by atoms with Gasteiger partial charge in [-0.3, -0.25) is 0 Å². The summed E-state index contributed by atoms with van der Waals surface area (Å²) in [5.74, 6) is -0.313. The highest BCUT2D eigenvalue weighted by molar-refractivity contribution is 9.10. The van der Waals surface area contributed by atoms with Crippen LogP contribution in [0, 0.1) is 0 Å². The average Bonchev–Trinajstić information content (AvgIpc) is 2.45. The van der Waals surface area contributed by atoms with Gasteiger partial charge < -0.3 is 4.74 Å². The van der Waals surface area contributed by atoms with Crippen LogP contribution in [0.1, 0.15) is 21.5 Å². The normalized spacial score (nSPS) is 10.2. The van der Waals surface area contributed by atoms with Gasteiger partial charge >= 0.3 is 5.97 Å². The Morgan fingerprint density at radius 2 is 1.79 bits per heavy atom. The molecule has 0 unspecified atom stereocenters. The van der Waals surface area contributed by atoms with E-state index in [4.69, 9.17) is 4.74 Å². The number of benzene rings is 2. The van der Waals surface area contributed by atoms with Crippen molar-refractivity contribution in [2.75, 3.05) is 0 Å². The molecule has 2 aromatic rings. The minimum atomic E-state index is -0.313. The van der Waals surface area contributed by atoms with Gasteiger partial charge in [0.2, 0.25) is 0 Å². The molecule has 0 aromatic heterocycles. The summed E-state index contributed by atoms with van der Waals surface area (Å²) in [7, 11) is 0. The van der Waals surface area contributed by atoms with Crippen LogP contribution in [-0.2, 0) is 16.7 Å². The zero-order valence-corrected chi connectivity index (χ0v) is 13.3. The molecule has 98 valence electrons. The molecule has 0 aliphatic rings. The van der Waals surface area contributed by atoms with Gasteiger partial charge in [0.1, 0.15) is 6.61 Å². The Hall–Kier alpha value is -1.13. The van der Waals surface area contributed by atoms with E-state index in [2.05, 4.69) is 31.9 Å². The number of carbonyl (C=O) groups excluding carboxylic acids is 1. The van der Waals surface area contributed by atoms with Crippen LogP contribution in [0.15, 0.2) is 53.0 Å². The molecule has 0 saturated heterocycles. The van der Waals surface area contributed by atoms with Crippen molar-refractivity contribution >= 4 is 37.8 Å². The van der Waals surface area contributed by atoms with E-state index in [0.29, 0.717) is 10.9 Å². The summed E-state index contributed by atoms with van der Waals surface area (Å²) in [5.41, 5.74) is 2.56. The summed E-state index contributed by atoms with van der Waals surface area (Å²) in [4.78, 5) is 12.0. The van der Waals surface area contributed by atoms with Crippen molar-refractivity contribution in [3.05, 3.63) is 69.7 Å². The average molecular weight is 384 g/mol. The van der Waals surface area contributed by atoms with Crippen molar-refractivity contribution in [3.63, 3.8) is 0 Å². The van der Waals surface area contributed by atoms with Crippen molar-refractivity contribution in [2.45, 2.75) is 11.9 Å². The number of hydrogen-bond donors (Lipinski definition) is 0. The monoisotopic (exact) mass is 382 g/mol. The van der Waals surface area contributed by atoms with Gasteiger partial charge in [-0.1, -0.05) is 62.2 Å². The topological polar surface area (TPSA) is 26.3 Å². The summed E-state index contributed by atoms with van der Waals surface area (Å²) in [5, 5.41) is 0.700. The molecule has 0 atom stereocenters. The van der Waals surface area contributed by atoms with Crippen molar-refractivity contribution < 1.29 is 9.53 Å². The number of halogens is 2.